The van der Waals surface area contributed by atoms with E-state index in [1.807, 2.05) is 21.6 Å². The maximum atomic E-state index is 9.90. The first kappa shape index (κ1) is 35.5. The van der Waals surface area contributed by atoms with Gasteiger partial charge in [0, 0.05) is 60.8 Å². The summed E-state index contributed by atoms with van der Waals surface area (Å²) >= 11 is 0. The van der Waals surface area contributed by atoms with Crippen molar-refractivity contribution in [3.63, 3.8) is 0 Å². The topological polar surface area (TPSA) is 54.7 Å². The van der Waals surface area contributed by atoms with Crippen LogP contribution in [0, 0.1) is 0 Å². The Bertz CT molecular complexity index is 1770. The van der Waals surface area contributed by atoms with Crippen LogP contribution in [-0.4, -0.2) is 60.1 Å². The van der Waals surface area contributed by atoms with E-state index in [-0.39, 0.29) is 12.2 Å². The molecule has 0 bridgehead atoms. The van der Waals surface area contributed by atoms with E-state index in [4.69, 9.17) is 0 Å². The molecule has 2 atom stereocenters. The maximum Gasteiger partial charge on any atom is 0.172 e. The number of aromatic nitrogens is 2. The Kier molecular flexibility index (Phi) is 11.3. The third-order valence-electron chi connectivity index (χ3n) is 11.2. The highest BCUT2D eigenvalue weighted by molar-refractivity contribution is 8.76. The molecule has 0 radical (unpaired) electrons. The zero-order valence-electron chi connectivity index (χ0n) is 30.2. The average Bonchev–Trinajstić information content (AvgIpc) is 3.81. The molecule has 270 valence electrons. The average molecular weight is 733 g/mol. The van der Waals surface area contributed by atoms with Gasteiger partial charge >= 0.3 is 0 Å². The number of aliphatic hydroxyl groups is 2. The second-order valence-electron chi connectivity index (χ2n) is 14.9. The monoisotopic (exact) mass is 732 g/mol. The summed E-state index contributed by atoms with van der Waals surface area (Å²) in [6.45, 7) is 5.41. The summed E-state index contributed by atoms with van der Waals surface area (Å²) in [5.74, 6) is 2.20. The van der Waals surface area contributed by atoms with Crippen molar-refractivity contribution in [1.82, 2.24) is 0 Å². The lowest BCUT2D eigenvalue weighted by Crippen LogP contribution is -2.36. The molecule has 2 unspecified atom stereocenters. The van der Waals surface area contributed by atoms with Crippen molar-refractivity contribution < 1.29 is 19.3 Å². The number of allylic oxidation sites excluding steroid dienone is 2. The van der Waals surface area contributed by atoms with Gasteiger partial charge < -0.3 is 20.0 Å². The number of pyridine rings is 2. The fraction of sp³-hybridized carbons (Fsp3) is 0.409. The highest BCUT2D eigenvalue weighted by atomic mass is 33.1. The van der Waals surface area contributed by atoms with E-state index in [0.29, 0.717) is 0 Å². The molecule has 2 N–H and O–H groups in total. The van der Waals surface area contributed by atoms with E-state index in [2.05, 4.69) is 117 Å². The van der Waals surface area contributed by atoms with Crippen LogP contribution in [0.3, 0.4) is 0 Å². The van der Waals surface area contributed by atoms with Gasteiger partial charge in [-0.15, -0.1) is 0 Å². The van der Waals surface area contributed by atoms with Gasteiger partial charge in [-0.25, -0.2) is 9.13 Å². The van der Waals surface area contributed by atoms with Crippen LogP contribution in [0.2, 0.25) is 0 Å². The van der Waals surface area contributed by atoms with Gasteiger partial charge in [0.2, 0.25) is 0 Å². The van der Waals surface area contributed by atoms with E-state index in [0.717, 1.165) is 89.3 Å². The van der Waals surface area contributed by atoms with Crippen LogP contribution >= 0.6 is 21.6 Å². The fourth-order valence-electron chi connectivity index (χ4n) is 8.31. The maximum absolute atomic E-state index is 9.90. The molecule has 52 heavy (non-hydrogen) atoms. The Morgan fingerprint density at radius 3 is 1.44 bits per heavy atom. The van der Waals surface area contributed by atoms with Gasteiger partial charge in [0.25, 0.3) is 0 Å². The molecule has 2 aliphatic heterocycles. The normalized spacial score (nSPS) is 21.6. The predicted molar refractivity (Wildman–Crippen MR) is 218 cm³/mol. The Morgan fingerprint density at radius 2 is 1.04 bits per heavy atom. The van der Waals surface area contributed by atoms with Crippen molar-refractivity contribution in [2.75, 3.05) is 47.5 Å². The molecule has 0 saturated carbocycles. The van der Waals surface area contributed by atoms with Gasteiger partial charge in [-0.2, -0.15) is 0 Å². The SMILES string of the molecule is OC1CCN(c2ccc(/C=C3\CCCc4c[n+](CCSSCC[n+]5ccc6c(c5)CCC/C6=C\c5ccc(N6CCC(O)C6)cc5)ccc43)cc2)C1. The van der Waals surface area contributed by atoms with Crippen LogP contribution in [-0.2, 0) is 25.9 Å². The van der Waals surface area contributed by atoms with Crippen LogP contribution in [0.15, 0.2) is 85.5 Å². The molecule has 4 heterocycles. The Balaban J connectivity index is 0.799. The van der Waals surface area contributed by atoms with E-state index in [1.54, 1.807) is 0 Å². The third-order valence-corrected chi connectivity index (χ3v) is 13.5. The first-order valence-corrected chi connectivity index (χ1v) is 21.8. The number of aryl methyl sites for hydroxylation is 4. The third kappa shape index (κ3) is 8.62. The molecule has 2 aromatic heterocycles. The Labute approximate surface area is 317 Å². The van der Waals surface area contributed by atoms with Crippen LogP contribution < -0.4 is 18.9 Å². The Morgan fingerprint density at radius 1 is 0.596 bits per heavy atom. The Hall–Kier alpha value is -3.56. The second kappa shape index (κ2) is 16.6. The highest BCUT2D eigenvalue weighted by Crippen LogP contribution is 2.34. The zero-order valence-corrected chi connectivity index (χ0v) is 31.8. The molecule has 0 amide bonds. The number of fused-ring (bicyclic) bond motifs is 2. The van der Waals surface area contributed by atoms with Gasteiger partial charge in [-0.1, -0.05) is 58.0 Å². The molecule has 2 saturated heterocycles. The molecule has 2 aromatic carbocycles. The number of hydrogen-bond acceptors (Lipinski definition) is 6. The lowest BCUT2D eigenvalue weighted by molar-refractivity contribution is -0.693. The molecule has 4 aliphatic rings. The second-order valence-corrected chi connectivity index (χ2v) is 17.6. The first-order valence-electron chi connectivity index (χ1n) is 19.3. The smallest absolute Gasteiger partial charge is 0.172 e. The molecule has 4 aromatic rings. The van der Waals surface area contributed by atoms with Crippen LogP contribution in [0.5, 0.6) is 0 Å². The lowest BCUT2D eigenvalue weighted by Gasteiger charge is -2.19. The quantitative estimate of drug-likeness (QED) is 0.0965. The van der Waals surface area contributed by atoms with Crippen LogP contribution in [0.25, 0.3) is 23.3 Å². The number of rotatable bonds is 11. The summed E-state index contributed by atoms with van der Waals surface area (Å²) in [5, 5.41) is 19.8. The van der Waals surface area contributed by atoms with Crippen molar-refractivity contribution in [3.8, 4) is 0 Å². The largest absolute Gasteiger partial charge is 0.391 e. The minimum atomic E-state index is -0.197. The molecule has 2 fully saturated rings. The number of β-amino-alcohol motifs (C(OH)–C–C–N with tert-alkyl or cyclic N) is 2. The minimum absolute atomic E-state index is 0.197. The molecular formula is C44H52N4O2S2+2. The number of benzene rings is 2. The van der Waals surface area contributed by atoms with Crippen molar-refractivity contribution in [2.24, 2.45) is 0 Å². The van der Waals surface area contributed by atoms with Gasteiger partial charge in [-0.3, -0.25) is 0 Å². The van der Waals surface area contributed by atoms with E-state index in [1.165, 1.54) is 68.7 Å². The minimum Gasteiger partial charge on any atom is -0.391 e. The van der Waals surface area contributed by atoms with Crippen molar-refractivity contribution >= 4 is 56.3 Å². The molecule has 6 nitrogen and oxygen atoms in total. The van der Waals surface area contributed by atoms with Gasteiger partial charge in [0.1, 0.15) is 0 Å². The van der Waals surface area contributed by atoms with E-state index < -0.39 is 0 Å². The van der Waals surface area contributed by atoms with Crippen LogP contribution in [0.4, 0.5) is 11.4 Å². The van der Waals surface area contributed by atoms with Gasteiger partial charge in [0.15, 0.2) is 37.9 Å². The van der Waals surface area contributed by atoms with E-state index in [9.17, 15) is 10.2 Å². The summed E-state index contributed by atoms with van der Waals surface area (Å²) < 4.78 is 4.76. The molecular weight excluding hydrogens is 681 g/mol. The van der Waals surface area contributed by atoms with Crippen molar-refractivity contribution in [2.45, 2.75) is 76.7 Å². The summed E-state index contributed by atoms with van der Waals surface area (Å²) in [5.41, 5.74) is 13.6. The number of anilines is 2. The number of hydrogen-bond donors (Lipinski definition) is 2. The molecule has 8 rings (SSSR count). The summed E-state index contributed by atoms with van der Waals surface area (Å²) in [7, 11) is 3.97. The standard InChI is InChI=1S/C44H52N4O2S2/c49-41-15-21-47(31-41)39-11-7-33(8-12-39)27-35-3-1-5-37-29-45(19-17-43(35)37)23-25-51-52-26-24-46-20-18-44-36(4-2-6-38(44)30-46)28-34-9-13-40(14-10-34)48-22-16-42(50)32-48/h7-14,17-20,27-30,41-42,49-50H,1-6,15-16,21-26,31-32H2/q+2. The van der Waals surface area contributed by atoms with Gasteiger partial charge in [0.05, 0.1) is 23.7 Å². The molecule has 0 spiro atoms. The van der Waals surface area contributed by atoms with Crippen molar-refractivity contribution in [3.05, 3.63) is 119 Å². The highest BCUT2D eigenvalue weighted by Gasteiger charge is 2.23. The van der Waals surface area contributed by atoms with Crippen LogP contribution in [0.1, 0.15) is 71.9 Å². The summed E-state index contributed by atoms with van der Waals surface area (Å²) in [4.78, 5) is 4.56. The number of aliphatic hydroxyl groups excluding tert-OH is 2. The first-order chi connectivity index (χ1) is 25.5. The summed E-state index contributed by atoms with van der Waals surface area (Å²) in [6, 6.07) is 22.4. The van der Waals surface area contributed by atoms with Crippen molar-refractivity contribution in [1.29, 1.82) is 0 Å². The fourth-order valence-corrected chi connectivity index (χ4v) is 10.3. The number of nitrogens with zero attached hydrogens (tertiary/aromatic N) is 4. The van der Waals surface area contributed by atoms with E-state index >= 15 is 0 Å². The molecule has 8 heteroatoms. The lowest BCUT2D eigenvalue weighted by atomic mass is 9.87. The predicted octanol–water partition coefficient (Wildman–Crippen LogP) is 7.24. The van der Waals surface area contributed by atoms with Gasteiger partial charge in [-0.05, 0) is 109 Å². The summed E-state index contributed by atoms with van der Waals surface area (Å²) in [6.07, 6.45) is 22.4. The molecule has 2 aliphatic carbocycles. The zero-order chi connectivity index (χ0) is 35.3.